The zero-order valence-corrected chi connectivity index (χ0v) is 9.89. The molecule has 1 heterocycles. The van der Waals surface area contributed by atoms with Crippen LogP contribution in [0.15, 0.2) is 42.7 Å². The lowest BCUT2D eigenvalue weighted by Gasteiger charge is -2.08. The van der Waals surface area contributed by atoms with Crippen LogP contribution in [0.2, 0.25) is 0 Å². The Morgan fingerprint density at radius 3 is 2.89 bits per heavy atom. The van der Waals surface area contributed by atoms with Crippen molar-refractivity contribution in [1.82, 2.24) is 4.98 Å². The topological polar surface area (TPSA) is 39.2 Å². The van der Waals surface area contributed by atoms with E-state index in [4.69, 9.17) is 4.74 Å². The second-order valence-electron chi connectivity index (χ2n) is 3.65. The van der Waals surface area contributed by atoms with Crippen LogP contribution in [0.4, 0.5) is 4.39 Å². The zero-order valence-electron chi connectivity index (χ0n) is 9.89. The molecule has 0 amide bonds. The van der Waals surface area contributed by atoms with E-state index in [0.29, 0.717) is 16.7 Å². The fourth-order valence-electron chi connectivity index (χ4n) is 1.66. The molecule has 0 aliphatic rings. The number of ether oxygens (including phenoxy) is 1. The summed E-state index contributed by atoms with van der Waals surface area (Å²) < 4.78 is 18.3. The van der Waals surface area contributed by atoms with Gasteiger partial charge in [-0.05, 0) is 31.2 Å². The Kier molecular flexibility index (Phi) is 3.67. The van der Waals surface area contributed by atoms with E-state index in [1.165, 1.54) is 18.2 Å². The highest BCUT2D eigenvalue weighted by Gasteiger charge is 2.14. The number of benzene rings is 1. The van der Waals surface area contributed by atoms with E-state index >= 15 is 0 Å². The molecule has 0 N–H and O–H groups in total. The molecule has 0 aliphatic carbocycles. The van der Waals surface area contributed by atoms with E-state index in [2.05, 4.69) is 4.98 Å². The van der Waals surface area contributed by atoms with Crippen LogP contribution in [0, 0.1) is 5.82 Å². The number of aromatic nitrogens is 1. The number of carbonyl (C=O) groups excluding carboxylic acids is 1. The van der Waals surface area contributed by atoms with E-state index in [-0.39, 0.29) is 6.61 Å². The van der Waals surface area contributed by atoms with Crippen molar-refractivity contribution in [3.8, 4) is 11.1 Å². The third kappa shape index (κ3) is 2.53. The van der Waals surface area contributed by atoms with Gasteiger partial charge in [0.2, 0.25) is 0 Å². The van der Waals surface area contributed by atoms with Gasteiger partial charge in [0.15, 0.2) is 0 Å². The molecule has 18 heavy (non-hydrogen) atoms. The molecular weight excluding hydrogens is 233 g/mol. The molecule has 2 rings (SSSR count). The summed E-state index contributed by atoms with van der Waals surface area (Å²) in [6.45, 7) is 2.01. The molecule has 3 nitrogen and oxygen atoms in total. The van der Waals surface area contributed by atoms with Crippen molar-refractivity contribution in [1.29, 1.82) is 0 Å². The van der Waals surface area contributed by atoms with Crippen LogP contribution in [0.5, 0.6) is 0 Å². The first-order valence-electron chi connectivity index (χ1n) is 5.59. The van der Waals surface area contributed by atoms with Crippen LogP contribution >= 0.6 is 0 Å². The average molecular weight is 245 g/mol. The van der Waals surface area contributed by atoms with Crippen molar-refractivity contribution in [2.75, 3.05) is 6.61 Å². The fourth-order valence-corrected chi connectivity index (χ4v) is 1.66. The van der Waals surface area contributed by atoms with Gasteiger partial charge in [-0.1, -0.05) is 6.07 Å². The Bertz CT molecular complexity index is 555. The number of rotatable bonds is 3. The predicted octanol–water partition coefficient (Wildman–Crippen LogP) is 3.06. The SMILES string of the molecule is CCOC(=O)c1ccc(F)cc1-c1cccnc1. The third-order valence-corrected chi connectivity index (χ3v) is 2.45. The first-order chi connectivity index (χ1) is 8.72. The number of halogens is 1. The monoisotopic (exact) mass is 245 g/mol. The highest BCUT2D eigenvalue weighted by molar-refractivity contribution is 5.97. The molecule has 1 aromatic heterocycles. The van der Waals surface area contributed by atoms with Crippen LogP contribution in [-0.4, -0.2) is 17.6 Å². The molecular formula is C14H12FNO2. The molecule has 0 fully saturated rings. The summed E-state index contributed by atoms with van der Waals surface area (Å²) in [5, 5.41) is 0. The van der Waals surface area contributed by atoms with E-state index in [0.717, 1.165) is 0 Å². The quantitative estimate of drug-likeness (QED) is 0.780. The van der Waals surface area contributed by atoms with Gasteiger partial charge in [-0.2, -0.15) is 0 Å². The van der Waals surface area contributed by atoms with Gasteiger partial charge in [0.25, 0.3) is 0 Å². The average Bonchev–Trinajstić information content (AvgIpc) is 2.40. The van der Waals surface area contributed by atoms with Gasteiger partial charge < -0.3 is 4.74 Å². The largest absolute Gasteiger partial charge is 0.462 e. The van der Waals surface area contributed by atoms with Crippen molar-refractivity contribution in [2.24, 2.45) is 0 Å². The highest BCUT2D eigenvalue weighted by atomic mass is 19.1. The molecule has 0 aliphatic heterocycles. The normalized spacial score (nSPS) is 10.1. The number of hydrogen-bond donors (Lipinski definition) is 0. The summed E-state index contributed by atoms with van der Waals surface area (Å²) in [7, 11) is 0. The van der Waals surface area contributed by atoms with Crippen LogP contribution in [0.25, 0.3) is 11.1 Å². The Balaban J connectivity index is 2.51. The molecule has 0 radical (unpaired) electrons. The lowest BCUT2D eigenvalue weighted by atomic mass is 10.0. The summed E-state index contributed by atoms with van der Waals surface area (Å²) in [5.41, 5.74) is 1.51. The Morgan fingerprint density at radius 2 is 2.22 bits per heavy atom. The van der Waals surface area contributed by atoms with Crippen LogP contribution in [0.3, 0.4) is 0 Å². The van der Waals surface area contributed by atoms with Crippen molar-refractivity contribution in [3.63, 3.8) is 0 Å². The molecule has 1 aromatic carbocycles. The van der Waals surface area contributed by atoms with Gasteiger partial charge in [0.1, 0.15) is 5.82 Å². The molecule has 0 saturated carbocycles. The van der Waals surface area contributed by atoms with Crippen LogP contribution in [-0.2, 0) is 4.74 Å². The third-order valence-electron chi connectivity index (χ3n) is 2.45. The van der Waals surface area contributed by atoms with Crippen LogP contribution in [0.1, 0.15) is 17.3 Å². The van der Waals surface area contributed by atoms with Crippen LogP contribution < -0.4 is 0 Å². The van der Waals surface area contributed by atoms with Gasteiger partial charge in [0.05, 0.1) is 12.2 Å². The first-order valence-corrected chi connectivity index (χ1v) is 5.59. The molecule has 2 aromatic rings. The van der Waals surface area contributed by atoms with E-state index < -0.39 is 11.8 Å². The minimum Gasteiger partial charge on any atom is -0.462 e. The number of hydrogen-bond acceptors (Lipinski definition) is 3. The van der Waals surface area contributed by atoms with Crippen molar-refractivity contribution in [2.45, 2.75) is 6.92 Å². The van der Waals surface area contributed by atoms with Gasteiger partial charge in [0, 0.05) is 23.5 Å². The van der Waals surface area contributed by atoms with Gasteiger partial charge in [-0.25, -0.2) is 9.18 Å². The van der Waals surface area contributed by atoms with Crippen molar-refractivity contribution >= 4 is 5.97 Å². The number of carbonyl (C=O) groups is 1. The van der Waals surface area contributed by atoms with Crippen molar-refractivity contribution in [3.05, 3.63) is 54.1 Å². The molecule has 0 unspecified atom stereocenters. The molecule has 0 spiro atoms. The number of nitrogens with zero attached hydrogens (tertiary/aromatic N) is 1. The second kappa shape index (κ2) is 5.40. The minimum atomic E-state index is -0.462. The summed E-state index contributed by atoms with van der Waals surface area (Å²) in [5.74, 6) is -0.863. The highest BCUT2D eigenvalue weighted by Crippen LogP contribution is 2.24. The number of pyridine rings is 1. The fraction of sp³-hybridized carbons (Fsp3) is 0.143. The number of esters is 1. The zero-order chi connectivity index (χ0) is 13.0. The van der Waals surface area contributed by atoms with Crippen molar-refractivity contribution < 1.29 is 13.9 Å². The maximum absolute atomic E-state index is 13.3. The Labute approximate surface area is 104 Å². The second-order valence-corrected chi connectivity index (χ2v) is 3.65. The standard InChI is InChI=1S/C14H12FNO2/c1-2-18-14(17)12-6-5-11(15)8-13(12)10-4-3-7-16-9-10/h3-9H,2H2,1H3. The molecule has 4 heteroatoms. The Hall–Kier alpha value is -2.23. The van der Waals surface area contributed by atoms with Gasteiger partial charge >= 0.3 is 5.97 Å². The van der Waals surface area contributed by atoms with Gasteiger partial charge in [-0.3, -0.25) is 4.98 Å². The molecule has 0 bridgehead atoms. The van der Waals surface area contributed by atoms with E-state index in [9.17, 15) is 9.18 Å². The summed E-state index contributed by atoms with van der Waals surface area (Å²) >= 11 is 0. The lowest BCUT2D eigenvalue weighted by Crippen LogP contribution is -2.06. The van der Waals surface area contributed by atoms with Gasteiger partial charge in [-0.15, -0.1) is 0 Å². The predicted molar refractivity (Wildman–Crippen MR) is 65.6 cm³/mol. The maximum atomic E-state index is 13.3. The smallest absolute Gasteiger partial charge is 0.338 e. The molecule has 92 valence electrons. The van der Waals surface area contributed by atoms with E-state index in [1.54, 1.807) is 31.5 Å². The molecule has 0 saturated heterocycles. The lowest BCUT2D eigenvalue weighted by molar-refractivity contribution is 0.0527. The maximum Gasteiger partial charge on any atom is 0.338 e. The summed E-state index contributed by atoms with van der Waals surface area (Å²) in [4.78, 5) is 15.7. The summed E-state index contributed by atoms with van der Waals surface area (Å²) in [6.07, 6.45) is 3.20. The van der Waals surface area contributed by atoms with E-state index in [1.807, 2.05) is 0 Å². The molecule has 0 atom stereocenters. The first kappa shape index (κ1) is 12.2. The minimum absolute atomic E-state index is 0.280. The summed E-state index contributed by atoms with van der Waals surface area (Å²) in [6, 6.07) is 7.48. The Morgan fingerprint density at radius 1 is 1.39 bits per heavy atom.